The Morgan fingerprint density at radius 2 is 2.06 bits per heavy atom. The Balaban J connectivity index is 3.08. The number of carbonyl (C=O) groups is 1. The molecule has 0 aromatic carbocycles. The van der Waals surface area contributed by atoms with Crippen LogP contribution in [0.5, 0.6) is 0 Å². The van der Waals surface area contributed by atoms with Crippen molar-refractivity contribution < 1.29 is 9.53 Å². The number of ether oxygens (including phenoxy) is 1. The molecule has 0 aliphatic heterocycles. The highest BCUT2D eigenvalue weighted by Crippen LogP contribution is 2.22. The second-order valence-electron chi connectivity index (χ2n) is 5.38. The minimum Gasteiger partial charge on any atom is -0.445 e. The lowest BCUT2D eigenvalue weighted by molar-refractivity contribution is 0.125. The highest BCUT2D eigenvalue weighted by atomic mass is 16.6. The fraction of sp³-hybridized carbons (Fsp3) is 0.500. The van der Waals surface area contributed by atoms with Crippen molar-refractivity contribution in [3.05, 3.63) is 30.1 Å². The summed E-state index contributed by atoms with van der Waals surface area (Å²) in [5, 5.41) is 0. The number of pyridine rings is 1. The number of rotatable bonds is 2. The Labute approximate surface area is 108 Å². The van der Waals surface area contributed by atoms with E-state index in [4.69, 9.17) is 4.74 Å². The lowest BCUT2D eigenvalue weighted by Crippen LogP contribution is -2.24. The minimum atomic E-state index is -0.557. The third-order valence-corrected chi connectivity index (χ3v) is 2.18. The van der Waals surface area contributed by atoms with Crippen molar-refractivity contribution >= 4 is 11.8 Å². The molecule has 1 aromatic heterocycles. The van der Waals surface area contributed by atoms with Crippen LogP contribution in [0.4, 0.5) is 4.79 Å². The third-order valence-electron chi connectivity index (χ3n) is 2.18. The molecule has 18 heavy (non-hydrogen) atoms. The Hall–Kier alpha value is -1.71. The first-order chi connectivity index (χ1) is 8.30. The van der Waals surface area contributed by atoms with E-state index in [-0.39, 0.29) is 11.5 Å². The molecule has 1 amide bonds. The fourth-order valence-corrected chi connectivity index (χ4v) is 1.49. The molecule has 0 spiro atoms. The average molecular weight is 248 g/mol. The fourth-order valence-electron chi connectivity index (χ4n) is 1.49. The van der Waals surface area contributed by atoms with Gasteiger partial charge in [0.2, 0.25) is 0 Å². The van der Waals surface area contributed by atoms with E-state index in [1.54, 1.807) is 26.2 Å². The number of amides is 1. The zero-order chi connectivity index (χ0) is 13.8. The van der Waals surface area contributed by atoms with Crippen molar-refractivity contribution in [3.63, 3.8) is 0 Å². The predicted octanol–water partition coefficient (Wildman–Crippen LogP) is 3.46. The summed E-state index contributed by atoms with van der Waals surface area (Å²) in [6, 6.07) is 3.71. The number of nitrogens with zero attached hydrogens (tertiary/aromatic N) is 2. The minimum absolute atomic E-state index is 0.170. The molecule has 98 valence electrons. The summed E-state index contributed by atoms with van der Waals surface area (Å²) >= 11 is 0. The van der Waals surface area contributed by atoms with Gasteiger partial charge in [-0.15, -0.1) is 0 Å². The van der Waals surface area contributed by atoms with Crippen molar-refractivity contribution in [2.45, 2.75) is 40.7 Å². The predicted molar refractivity (Wildman–Crippen MR) is 71.8 cm³/mol. The zero-order valence-electron chi connectivity index (χ0n) is 11.6. The number of hydrogen-bond donors (Lipinski definition) is 0. The number of hydrogen-bond acceptors (Lipinski definition) is 3. The quantitative estimate of drug-likeness (QED) is 0.753. The first-order valence-electron chi connectivity index (χ1n) is 6.01. The number of aromatic nitrogens is 1. The van der Waals surface area contributed by atoms with Gasteiger partial charge in [-0.05, 0) is 19.9 Å². The standard InChI is InChI=1S/C14H20N2O2/c1-10(2)18-13(17)16-12(14(3,4)5)11-7-6-8-15-9-11/h6-10H,1-5H3. The summed E-state index contributed by atoms with van der Waals surface area (Å²) in [6.45, 7) is 9.60. The molecule has 0 unspecified atom stereocenters. The van der Waals surface area contributed by atoms with E-state index >= 15 is 0 Å². The molecule has 0 aliphatic rings. The van der Waals surface area contributed by atoms with E-state index < -0.39 is 6.09 Å². The van der Waals surface area contributed by atoms with Gasteiger partial charge in [-0.3, -0.25) is 4.98 Å². The zero-order valence-corrected chi connectivity index (χ0v) is 11.6. The third kappa shape index (κ3) is 4.28. The van der Waals surface area contributed by atoms with Crippen LogP contribution in [0.3, 0.4) is 0 Å². The molecule has 4 heteroatoms. The summed E-state index contributed by atoms with van der Waals surface area (Å²) in [5.74, 6) is 0. The average Bonchev–Trinajstić information content (AvgIpc) is 2.24. The van der Waals surface area contributed by atoms with Crippen LogP contribution in [0.15, 0.2) is 29.5 Å². The summed E-state index contributed by atoms with van der Waals surface area (Å²) < 4.78 is 5.05. The van der Waals surface area contributed by atoms with Crippen molar-refractivity contribution in [1.29, 1.82) is 0 Å². The molecule has 0 atom stereocenters. The highest BCUT2D eigenvalue weighted by molar-refractivity contribution is 6.08. The molecule has 0 radical (unpaired) electrons. The maximum absolute atomic E-state index is 11.7. The van der Waals surface area contributed by atoms with Gasteiger partial charge in [0.05, 0.1) is 11.8 Å². The van der Waals surface area contributed by atoms with Gasteiger partial charge in [-0.1, -0.05) is 26.8 Å². The number of aliphatic imine (C=N–C) groups is 1. The van der Waals surface area contributed by atoms with Gasteiger partial charge in [0.25, 0.3) is 0 Å². The molecule has 1 rings (SSSR count). The van der Waals surface area contributed by atoms with Crippen LogP contribution in [-0.4, -0.2) is 22.9 Å². The maximum atomic E-state index is 11.7. The van der Waals surface area contributed by atoms with Crippen molar-refractivity contribution in [2.75, 3.05) is 0 Å². The van der Waals surface area contributed by atoms with Crippen LogP contribution < -0.4 is 0 Å². The normalized spacial score (nSPS) is 12.7. The van der Waals surface area contributed by atoms with Gasteiger partial charge >= 0.3 is 6.09 Å². The van der Waals surface area contributed by atoms with Crippen molar-refractivity contribution in [3.8, 4) is 0 Å². The highest BCUT2D eigenvalue weighted by Gasteiger charge is 2.22. The van der Waals surface area contributed by atoms with Crippen LogP contribution in [-0.2, 0) is 4.74 Å². The van der Waals surface area contributed by atoms with Crippen molar-refractivity contribution in [1.82, 2.24) is 4.98 Å². The van der Waals surface area contributed by atoms with E-state index in [1.807, 2.05) is 32.9 Å². The molecule has 1 heterocycles. The lowest BCUT2D eigenvalue weighted by atomic mass is 9.86. The molecule has 0 aliphatic carbocycles. The van der Waals surface area contributed by atoms with Gasteiger partial charge in [0.15, 0.2) is 0 Å². The van der Waals surface area contributed by atoms with E-state index in [9.17, 15) is 4.79 Å². The SMILES string of the molecule is CC(C)OC(=O)N=C(c1cccnc1)C(C)(C)C. The van der Waals surface area contributed by atoms with Gasteiger partial charge < -0.3 is 4.74 Å². The monoisotopic (exact) mass is 248 g/mol. The summed E-state index contributed by atoms with van der Waals surface area (Å²) in [7, 11) is 0. The Bertz CT molecular complexity index is 431. The number of carbonyl (C=O) groups excluding carboxylic acids is 1. The van der Waals surface area contributed by atoms with Crippen LogP contribution in [0.25, 0.3) is 0 Å². The first-order valence-corrected chi connectivity index (χ1v) is 6.01. The molecule has 0 saturated heterocycles. The van der Waals surface area contributed by atoms with Crippen LogP contribution in [0.2, 0.25) is 0 Å². The summed E-state index contributed by atoms with van der Waals surface area (Å²) in [6.07, 6.45) is 2.67. The molecule has 0 N–H and O–H groups in total. The molecule has 0 fully saturated rings. The molecule has 0 saturated carbocycles. The Morgan fingerprint density at radius 1 is 1.39 bits per heavy atom. The van der Waals surface area contributed by atoms with E-state index in [0.717, 1.165) is 5.56 Å². The second-order valence-corrected chi connectivity index (χ2v) is 5.38. The van der Waals surface area contributed by atoms with Crippen molar-refractivity contribution in [2.24, 2.45) is 10.4 Å². The Kier molecular flexibility index (Phi) is 4.59. The van der Waals surface area contributed by atoms with Gasteiger partial charge in [0.1, 0.15) is 0 Å². The first kappa shape index (κ1) is 14.4. The van der Waals surface area contributed by atoms with Gasteiger partial charge in [-0.2, -0.15) is 4.99 Å². The largest absolute Gasteiger partial charge is 0.445 e. The second kappa shape index (κ2) is 5.76. The smallest absolute Gasteiger partial charge is 0.434 e. The summed E-state index contributed by atoms with van der Waals surface area (Å²) in [4.78, 5) is 19.8. The van der Waals surface area contributed by atoms with E-state index in [1.165, 1.54) is 0 Å². The molecule has 1 aromatic rings. The molecular weight excluding hydrogens is 228 g/mol. The molecular formula is C14H20N2O2. The van der Waals surface area contributed by atoms with E-state index in [2.05, 4.69) is 9.98 Å². The molecule has 0 bridgehead atoms. The summed E-state index contributed by atoms with van der Waals surface area (Å²) in [5.41, 5.74) is 1.27. The molecule has 4 nitrogen and oxygen atoms in total. The van der Waals surface area contributed by atoms with Gasteiger partial charge in [0, 0.05) is 23.4 Å². The van der Waals surface area contributed by atoms with Gasteiger partial charge in [-0.25, -0.2) is 4.79 Å². The van der Waals surface area contributed by atoms with Crippen LogP contribution in [0, 0.1) is 5.41 Å². The lowest BCUT2D eigenvalue weighted by Gasteiger charge is -2.21. The maximum Gasteiger partial charge on any atom is 0.434 e. The topological polar surface area (TPSA) is 51.5 Å². The van der Waals surface area contributed by atoms with Crippen LogP contribution in [0.1, 0.15) is 40.2 Å². The Morgan fingerprint density at radius 3 is 2.50 bits per heavy atom. The van der Waals surface area contributed by atoms with Crippen LogP contribution >= 0.6 is 0 Å². The van der Waals surface area contributed by atoms with E-state index in [0.29, 0.717) is 5.71 Å².